The Balaban J connectivity index is 2.04. The van der Waals surface area contributed by atoms with Crippen molar-refractivity contribution in [2.45, 2.75) is 6.42 Å². The number of pyridine rings is 1. The number of ether oxygens (including phenoxy) is 1. The molecule has 1 aromatic carbocycles. The van der Waals surface area contributed by atoms with Gasteiger partial charge in [0.05, 0.1) is 12.3 Å². The Morgan fingerprint density at radius 1 is 1.15 bits per heavy atom. The Morgan fingerprint density at radius 3 is 2.80 bits per heavy atom. The van der Waals surface area contributed by atoms with Crippen LogP contribution in [0.25, 0.3) is 22.2 Å². The van der Waals surface area contributed by atoms with Gasteiger partial charge in [0.25, 0.3) is 0 Å². The van der Waals surface area contributed by atoms with E-state index >= 15 is 0 Å². The van der Waals surface area contributed by atoms with Crippen LogP contribution < -0.4 is 0 Å². The maximum absolute atomic E-state index is 5.13. The van der Waals surface area contributed by atoms with Crippen molar-refractivity contribution in [1.29, 1.82) is 0 Å². The van der Waals surface area contributed by atoms with Gasteiger partial charge in [0.2, 0.25) is 0 Å². The first-order valence-corrected chi connectivity index (χ1v) is 6.77. The van der Waals surface area contributed by atoms with Gasteiger partial charge in [-0.25, -0.2) is 0 Å². The lowest BCUT2D eigenvalue weighted by molar-refractivity contribution is 0.202. The second-order valence-electron chi connectivity index (χ2n) is 4.97. The molecule has 3 nitrogen and oxygen atoms in total. The van der Waals surface area contributed by atoms with Gasteiger partial charge in [-0.2, -0.15) is 0 Å². The number of hydrogen-bond donors (Lipinski definition) is 0. The van der Waals surface area contributed by atoms with Crippen LogP contribution in [0.1, 0.15) is 5.56 Å². The normalized spacial score (nSPS) is 11.1. The summed E-state index contributed by atoms with van der Waals surface area (Å²) >= 11 is 0. The molecule has 3 aromatic rings. The van der Waals surface area contributed by atoms with Crippen LogP contribution in [0.5, 0.6) is 0 Å². The van der Waals surface area contributed by atoms with E-state index in [2.05, 4.69) is 53.0 Å². The lowest BCUT2D eigenvalue weighted by Crippen LogP contribution is -1.97. The highest BCUT2D eigenvalue weighted by Crippen LogP contribution is 2.27. The number of aromatic nitrogens is 2. The van der Waals surface area contributed by atoms with Gasteiger partial charge in [-0.15, -0.1) is 0 Å². The molecule has 3 heteroatoms. The Kier molecular flexibility index (Phi) is 3.52. The van der Waals surface area contributed by atoms with Gasteiger partial charge in [0.15, 0.2) is 0 Å². The summed E-state index contributed by atoms with van der Waals surface area (Å²) in [6, 6.07) is 12.8. The van der Waals surface area contributed by atoms with Crippen molar-refractivity contribution in [2.75, 3.05) is 13.7 Å². The zero-order valence-corrected chi connectivity index (χ0v) is 11.8. The third-order valence-electron chi connectivity index (χ3n) is 3.64. The molecule has 0 aliphatic heterocycles. The van der Waals surface area contributed by atoms with Gasteiger partial charge < -0.3 is 9.30 Å². The molecule has 0 atom stereocenters. The van der Waals surface area contributed by atoms with Crippen molar-refractivity contribution in [3.63, 3.8) is 0 Å². The summed E-state index contributed by atoms with van der Waals surface area (Å²) in [5, 5.41) is 1.26. The molecule has 0 unspecified atom stereocenters. The smallest absolute Gasteiger partial charge is 0.0504 e. The van der Waals surface area contributed by atoms with E-state index in [-0.39, 0.29) is 0 Å². The van der Waals surface area contributed by atoms with E-state index < -0.39 is 0 Å². The van der Waals surface area contributed by atoms with Crippen LogP contribution in [0.4, 0.5) is 0 Å². The summed E-state index contributed by atoms with van der Waals surface area (Å²) in [4.78, 5) is 4.36. The third kappa shape index (κ3) is 2.32. The number of nitrogens with zero attached hydrogens (tertiary/aromatic N) is 2. The molecule has 0 saturated heterocycles. The van der Waals surface area contributed by atoms with Crippen LogP contribution in [-0.2, 0) is 18.2 Å². The highest BCUT2D eigenvalue weighted by Gasteiger charge is 2.08. The molecule has 0 spiro atoms. The summed E-state index contributed by atoms with van der Waals surface area (Å²) in [5.41, 5.74) is 4.79. The van der Waals surface area contributed by atoms with Crippen LogP contribution in [0.3, 0.4) is 0 Å². The van der Waals surface area contributed by atoms with Gasteiger partial charge in [0.1, 0.15) is 0 Å². The van der Waals surface area contributed by atoms with Gasteiger partial charge in [-0.3, -0.25) is 4.98 Å². The standard InChI is InChI=1S/C17H18N2O/c1-19-16-6-4-3-5-14(16)10-17(19)15-9-13(7-8-20-2)11-18-12-15/h3-6,9-12H,7-8H2,1-2H3. The fourth-order valence-corrected chi connectivity index (χ4v) is 2.55. The molecule has 3 rings (SSSR count). The predicted molar refractivity (Wildman–Crippen MR) is 81.7 cm³/mol. The van der Waals surface area contributed by atoms with E-state index in [1.165, 1.54) is 22.2 Å². The van der Waals surface area contributed by atoms with Crippen molar-refractivity contribution in [3.05, 3.63) is 54.4 Å². The second-order valence-corrected chi connectivity index (χ2v) is 4.97. The van der Waals surface area contributed by atoms with Gasteiger partial charge in [0, 0.05) is 43.0 Å². The number of methoxy groups -OCH3 is 1. The molecule has 0 fully saturated rings. The first-order valence-electron chi connectivity index (χ1n) is 6.77. The predicted octanol–water partition coefficient (Wildman–Crippen LogP) is 3.43. The minimum Gasteiger partial charge on any atom is -0.384 e. The maximum atomic E-state index is 5.13. The van der Waals surface area contributed by atoms with Crippen molar-refractivity contribution >= 4 is 10.9 Å². The Labute approximate surface area is 118 Å². The average molecular weight is 266 g/mol. The largest absolute Gasteiger partial charge is 0.384 e. The quantitative estimate of drug-likeness (QED) is 0.723. The Bertz CT molecular complexity index is 731. The second kappa shape index (κ2) is 5.47. The molecule has 0 bridgehead atoms. The van der Waals surface area contributed by atoms with Crippen molar-refractivity contribution in [2.24, 2.45) is 7.05 Å². The minimum absolute atomic E-state index is 0.722. The van der Waals surface area contributed by atoms with Crippen LogP contribution in [0.15, 0.2) is 48.8 Å². The van der Waals surface area contributed by atoms with Crippen LogP contribution in [-0.4, -0.2) is 23.3 Å². The lowest BCUT2D eigenvalue weighted by Gasteiger charge is -2.06. The summed E-state index contributed by atoms with van der Waals surface area (Å²) < 4.78 is 7.34. The molecule has 2 aromatic heterocycles. The molecule has 20 heavy (non-hydrogen) atoms. The number of benzene rings is 1. The van der Waals surface area contributed by atoms with Crippen LogP contribution in [0.2, 0.25) is 0 Å². The summed E-state index contributed by atoms with van der Waals surface area (Å²) in [6.07, 6.45) is 4.72. The molecule has 0 radical (unpaired) electrons. The Hall–Kier alpha value is -2.13. The lowest BCUT2D eigenvalue weighted by atomic mass is 10.1. The molecule has 0 amide bonds. The zero-order chi connectivity index (χ0) is 13.9. The van der Waals surface area contributed by atoms with E-state index in [4.69, 9.17) is 4.74 Å². The van der Waals surface area contributed by atoms with Crippen molar-refractivity contribution in [1.82, 2.24) is 9.55 Å². The van der Waals surface area contributed by atoms with Crippen molar-refractivity contribution < 1.29 is 4.74 Å². The van der Waals surface area contributed by atoms with Crippen molar-refractivity contribution in [3.8, 4) is 11.3 Å². The average Bonchev–Trinajstić information content (AvgIpc) is 2.83. The minimum atomic E-state index is 0.722. The summed E-state index contributed by atoms with van der Waals surface area (Å²) in [6.45, 7) is 0.722. The van der Waals surface area contributed by atoms with Crippen LogP contribution >= 0.6 is 0 Å². The summed E-state index contributed by atoms with van der Waals surface area (Å²) in [7, 11) is 3.82. The highest BCUT2D eigenvalue weighted by molar-refractivity contribution is 5.86. The number of fused-ring (bicyclic) bond motifs is 1. The first kappa shape index (κ1) is 12.9. The van der Waals surface area contributed by atoms with Gasteiger partial charge >= 0.3 is 0 Å². The molecule has 102 valence electrons. The first-order chi connectivity index (χ1) is 9.79. The molecular weight excluding hydrogens is 248 g/mol. The number of para-hydroxylation sites is 1. The highest BCUT2D eigenvalue weighted by atomic mass is 16.5. The fourth-order valence-electron chi connectivity index (χ4n) is 2.55. The number of hydrogen-bond acceptors (Lipinski definition) is 2. The number of aryl methyl sites for hydroxylation is 1. The summed E-state index contributed by atoms with van der Waals surface area (Å²) in [5.74, 6) is 0. The molecule has 0 saturated carbocycles. The zero-order valence-electron chi connectivity index (χ0n) is 11.8. The monoisotopic (exact) mass is 266 g/mol. The fraction of sp³-hybridized carbons (Fsp3) is 0.235. The number of rotatable bonds is 4. The topological polar surface area (TPSA) is 27.1 Å². The van der Waals surface area contributed by atoms with E-state index in [1.54, 1.807) is 7.11 Å². The molecule has 0 N–H and O–H groups in total. The molecule has 2 heterocycles. The van der Waals surface area contributed by atoms with Gasteiger partial charge in [-0.1, -0.05) is 18.2 Å². The SMILES string of the molecule is COCCc1cncc(-c2cc3ccccc3n2C)c1. The molecular formula is C17H18N2O. The Morgan fingerprint density at radius 2 is 2.00 bits per heavy atom. The van der Waals surface area contributed by atoms with E-state index in [1.807, 2.05) is 12.4 Å². The maximum Gasteiger partial charge on any atom is 0.0504 e. The molecule has 0 aliphatic rings. The van der Waals surface area contributed by atoms with Crippen LogP contribution in [0, 0.1) is 0 Å². The van der Waals surface area contributed by atoms with E-state index in [0.29, 0.717) is 0 Å². The van der Waals surface area contributed by atoms with E-state index in [0.717, 1.165) is 18.6 Å². The molecule has 0 aliphatic carbocycles. The van der Waals surface area contributed by atoms with Gasteiger partial charge in [-0.05, 0) is 30.2 Å². The third-order valence-corrected chi connectivity index (χ3v) is 3.64. The van der Waals surface area contributed by atoms with E-state index in [9.17, 15) is 0 Å².